The SMILES string of the molecule is CNC1(C(=O)NC(COc2cnc3ccc(F)cc3c2C(=O)OCc2ccccc2)Cc2ccccc2)CCC1. The largest absolute Gasteiger partial charge is 0.489 e. The van der Waals surface area contributed by atoms with E-state index in [0.29, 0.717) is 17.3 Å². The first-order valence-corrected chi connectivity index (χ1v) is 13.4. The van der Waals surface area contributed by atoms with Crippen molar-refractivity contribution in [2.75, 3.05) is 13.7 Å². The van der Waals surface area contributed by atoms with E-state index in [1.807, 2.05) is 60.7 Å². The van der Waals surface area contributed by atoms with Gasteiger partial charge in [0, 0.05) is 5.39 Å². The summed E-state index contributed by atoms with van der Waals surface area (Å²) < 4.78 is 26.0. The fraction of sp³-hybridized carbons (Fsp3) is 0.281. The molecule has 0 saturated heterocycles. The van der Waals surface area contributed by atoms with Gasteiger partial charge in [-0.1, -0.05) is 60.7 Å². The van der Waals surface area contributed by atoms with Gasteiger partial charge in [0.05, 0.1) is 23.3 Å². The van der Waals surface area contributed by atoms with Crippen molar-refractivity contribution in [2.24, 2.45) is 0 Å². The normalized spacial score (nSPS) is 14.7. The summed E-state index contributed by atoms with van der Waals surface area (Å²) in [6.07, 6.45) is 4.50. The summed E-state index contributed by atoms with van der Waals surface area (Å²) >= 11 is 0. The van der Waals surface area contributed by atoms with Crippen LogP contribution in [0.5, 0.6) is 5.75 Å². The molecule has 1 aliphatic rings. The molecule has 1 heterocycles. The van der Waals surface area contributed by atoms with Crippen LogP contribution in [0.4, 0.5) is 4.39 Å². The van der Waals surface area contributed by atoms with Crippen LogP contribution in [0.25, 0.3) is 10.9 Å². The molecule has 1 aliphatic carbocycles. The molecule has 7 nitrogen and oxygen atoms in total. The summed E-state index contributed by atoms with van der Waals surface area (Å²) in [5.41, 5.74) is 1.81. The fourth-order valence-corrected chi connectivity index (χ4v) is 4.95. The van der Waals surface area contributed by atoms with Gasteiger partial charge in [-0.15, -0.1) is 0 Å². The first-order valence-electron chi connectivity index (χ1n) is 13.4. The van der Waals surface area contributed by atoms with Crippen molar-refractivity contribution >= 4 is 22.8 Å². The van der Waals surface area contributed by atoms with E-state index in [-0.39, 0.29) is 30.4 Å². The third-order valence-corrected chi connectivity index (χ3v) is 7.43. The van der Waals surface area contributed by atoms with Gasteiger partial charge in [0.2, 0.25) is 5.91 Å². The zero-order valence-electron chi connectivity index (χ0n) is 22.4. The van der Waals surface area contributed by atoms with Crippen LogP contribution in [0, 0.1) is 5.82 Å². The number of hydrogen-bond acceptors (Lipinski definition) is 6. The summed E-state index contributed by atoms with van der Waals surface area (Å²) in [7, 11) is 1.80. The van der Waals surface area contributed by atoms with Crippen molar-refractivity contribution in [1.82, 2.24) is 15.6 Å². The minimum atomic E-state index is -0.649. The van der Waals surface area contributed by atoms with Gasteiger partial charge < -0.3 is 20.1 Å². The molecule has 4 aromatic rings. The number of aromatic nitrogens is 1. The standard InChI is InChI=1S/C32H32FN3O4/c1-34-32(15-8-16-32)31(38)36-25(17-22-9-4-2-5-10-22)21-39-28-19-35-27-14-13-24(33)18-26(27)29(28)30(37)40-20-23-11-6-3-7-12-23/h2-7,9-14,18-19,25,34H,8,15-17,20-21H2,1H3,(H,36,38). The van der Waals surface area contributed by atoms with Gasteiger partial charge in [-0.05, 0) is 62.1 Å². The lowest BCUT2D eigenvalue weighted by atomic mass is 9.76. The number of halogens is 1. The topological polar surface area (TPSA) is 89.5 Å². The molecule has 1 saturated carbocycles. The molecule has 40 heavy (non-hydrogen) atoms. The maximum absolute atomic E-state index is 14.3. The van der Waals surface area contributed by atoms with Crippen LogP contribution in [0.3, 0.4) is 0 Å². The Labute approximate surface area is 232 Å². The molecule has 1 fully saturated rings. The Hall–Kier alpha value is -4.30. The van der Waals surface area contributed by atoms with E-state index in [1.165, 1.54) is 24.4 Å². The Morgan fingerprint density at radius 3 is 2.35 bits per heavy atom. The highest BCUT2D eigenvalue weighted by Gasteiger charge is 2.43. The van der Waals surface area contributed by atoms with Crippen molar-refractivity contribution in [3.63, 3.8) is 0 Å². The molecule has 1 amide bonds. The van der Waals surface area contributed by atoms with E-state index in [4.69, 9.17) is 9.47 Å². The number of ether oxygens (including phenoxy) is 2. The number of benzene rings is 3. The number of likely N-dealkylation sites (N-methyl/N-ethyl adjacent to an activating group) is 1. The maximum Gasteiger partial charge on any atom is 0.343 e. The van der Waals surface area contributed by atoms with E-state index in [1.54, 1.807) is 7.05 Å². The molecular weight excluding hydrogens is 509 g/mol. The van der Waals surface area contributed by atoms with Crippen LogP contribution in [-0.4, -0.2) is 42.1 Å². The zero-order valence-corrected chi connectivity index (χ0v) is 22.4. The number of fused-ring (bicyclic) bond motifs is 1. The average Bonchev–Trinajstić information content (AvgIpc) is 2.95. The van der Waals surface area contributed by atoms with Crippen molar-refractivity contribution in [3.05, 3.63) is 108 Å². The monoisotopic (exact) mass is 541 g/mol. The number of nitrogens with zero attached hydrogens (tertiary/aromatic N) is 1. The Morgan fingerprint density at radius 2 is 1.70 bits per heavy atom. The second-order valence-corrected chi connectivity index (χ2v) is 10.1. The smallest absolute Gasteiger partial charge is 0.343 e. The lowest BCUT2D eigenvalue weighted by molar-refractivity contribution is -0.131. The molecule has 1 aromatic heterocycles. The minimum absolute atomic E-state index is 0.0526. The number of rotatable bonds is 11. The average molecular weight is 542 g/mol. The second-order valence-electron chi connectivity index (χ2n) is 10.1. The predicted octanol–water partition coefficient (Wildman–Crippen LogP) is 4.98. The molecule has 0 radical (unpaired) electrons. The Balaban J connectivity index is 1.40. The Morgan fingerprint density at radius 1 is 1.00 bits per heavy atom. The summed E-state index contributed by atoms with van der Waals surface area (Å²) in [6, 6.07) is 22.8. The van der Waals surface area contributed by atoms with Crippen LogP contribution in [-0.2, 0) is 22.6 Å². The molecule has 1 atom stereocenters. The second kappa shape index (κ2) is 12.3. The van der Waals surface area contributed by atoms with Gasteiger partial charge in [0.15, 0.2) is 5.75 Å². The van der Waals surface area contributed by atoms with E-state index < -0.39 is 23.4 Å². The quantitative estimate of drug-likeness (QED) is 0.261. The fourth-order valence-electron chi connectivity index (χ4n) is 4.95. The third-order valence-electron chi connectivity index (χ3n) is 7.43. The molecule has 8 heteroatoms. The van der Waals surface area contributed by atoms with Crippen LogP contribution in [0.2, 0.25) is 0 Å². The summed E-state index contributed by atoms with van der Waals surface area (Å²) in [6.45, 7) is 0.124. The number of pyridine rings is 1. The van der Waals surface area contributed by atoms with E-state index in [0.717, 1.165) is 30.4 Å². The molecule has 3 aromatic carbocycles. The highest BCUT2D eigenvalue weighted by molar-refractivity contribution is 6.05. The molecule has 1 unspecified atom stereocenters. The van der Waals surface area contributed by atoms with Gasteiger partial charge in [0.25, 0.3) is 0 Å². The Kier molecular flexibility index (Phi) is 8.36. The van der Waals surface area contributed by atoms with E-state index in [9.17, 15) is 14.0 Å². The van der Waals surface area contributed by atoms with Crippen LogP contribution in [0.15, 0.2) is 85.1 Å². The lowest BCUT2D eigenvalue weighted by Gasteiger charge is -2.40. The van der Waals surface area contributed by atoms with Crippen molar-refractivity contribution < 1.29 is 23.5 Å². The van der Waals surface area contributed by atoms with Crippen LogP contribution < -0.4 is 15.4 Å². The van der Waals surface area contributed by atoms with Gasteiger partial charge in [-0.2, -0.15) is 0 Å². The van der Waals surface area contributed by atoms with Crippen LogP contribution in [0.1, 0.15) is 40.7 Å². The Bertz CT molecular complexity index is 1470. The molecule has 2 N–H and O–H groups in total. The molecular formula is C32H32FN3O4. The number of carbonyl (C=O) groups is 2. The number of carbonyl (C=O) groups excluding carboxylic acids is 2. The number of nitrogens with one attached hydrogen (secondary N) is 2. The summed E-state index contributed by atoms with van der Waals surface area (Å²) in [5, 5.41) is 6.62. The third kappa shape index (κ3) is 6.13. The molecule has 0 spiro atoms. The molecule has 0 aliphatic heterocycles. The van der Waals surface area contributed by atoms with Gasteiger partial charge in [-0.3, -0.25) is 9.78 Å². The molecule has 0 bridgehead atoms. The first-order chi connectivity index (χ1) is 19.5. The zero-order chi connectivity index (χ0) is 28.0. The van der Waals surface area contributed by atoms with Crippen molar-refractivity contribution in [1.29, 1.82) is 0 Å². The van der Waals surface area contributed by atoms with Crippen LogP contribution >= 0.6 is 0 Å². The van der Waals surface area contributed by atoms with Gasteiger partial charge in [-0.25, -0.2) is 9.18 Å². The first kappa shape index (κ1) is 27.3. The van der Waals surface area contributed by atoms with E-state index in [2.05, 4.69) is 15.6 Å². The lowest BCUT2D eigenvalue weighted by Crippen LogP contribution is -2.62. The molecule has 5 rings (SSSR count). The maximum atomic E-state index is 14.3. The number of hydrogen-bond donors (Lipinski definition) is 2. The summed E-state index contributed by atoms with van der Waals surface area (Å²) in [5.74, 6) is -1.07. The number of esters is 1. The summed E-state index contributed by atoms with van der Waals surface area (Å²) in [4.78, 5) is 31.0. The predicted molar refractivity (Wildman–Crippen MR) is 150 cm³/mol. The van der Waals surface area contributed by atoms with Crippen molar-refractivity contribution in [2.45, 2.75) is 43.9 Å². The number of amides is 1. The minimum Gasteiger partial charge on any atom is -0.489 e. The van der Waals surface area contributed by atoms with Gasteiger partial charge >= 0.3 is 5.97 Å². The van der Waals surface area contributed by atoms with Gasteiger partial charge in [0.1, 0.15) is 24.6 Å². The highest BCUT2D eigenvalue weighted by atomic mass is 19.1. The molecule has 206 valence electrons. The van der Waals surface area contributed by atoms with E-state index >= 15 is 0 Å². The highest BCUT2D eigenvalue weighted by Crippen LogP contribution is 2.32. The van der Waals surface area contributed by atoms with Crippen molar-refractivity contribution in [3.8, 4) is 5.75 Å².